The number of carbonyl (C=O) groups excluding carboxylic acids is 2. The maximum absolute atomic E-state index is 12.2. The van der Waals surface area contributed by atoms with Crippen molar-refractivity contribution in [1.82, 2.24) is 4.98 Å². The smallest absolute Gasteiger partial charge is 0.339 e. The van der Waals surface area contributed by atoms with E-state index in [1.165, 1.54) is 19.2 Å². The number of ether oxygens (including phenoxy) is 1. The molecule has 1 unspecified atom stereocenters. The van der Waals surface area contributed by atoms with Crippen LogP contribution in [0, 0.1) is 13.8 Å². The molecule has 1 aromatic heterocycles. The molecule has 1 amide bonds. The molecule has 1 heterocycles. The van der Waals surface area contributed by atoms with Crippen LogP contribution in [0.3, 0.4) is 0 Å². The summed E-state index contributed by atoms with van der Waals surface area (Å²) in [6, 6.07) is 6.91. The van der Waals surface area contributed by atoms with Crippen LogP contribution in [0.4, 0.5) is 5.82 Å². The highest BCUT2D eigenvalue weighted by Crippen LogP contribution is 2.22. The highest BCUT2D eigenvalue weighted by atomic mass is 35.5. The van der Waals surface area contributed by atoms with Crippen LogP contribution in [0.25, 0.3) is 0 Å². The first-order valence-corrected chi connectivity index (χ1v) is 7.93. The molecule has 0 aliphatic heterocycles. The summed E-state index contributed by atoms with van der Waals surface area (Å²) in [4.78, 5) is 28.3. The maximum atomic E-state index is 12.2. The van der Waals surface area contributed by atoms with E-state index in [1.54, 1.807) is 13.0 Å². The second-order valence-corrected chi connectivity index (χ2v) is 6.18. The number of hydrogen-bond donors (Lipinski definition) is 1. The van der Waals surface area contributed by atoms with Crippen LogP contribution in [0.1, 0.15) is 28.4 Å². The Kier molecular flexibility index (Phi) is 5.80. The molecule has 0 saturated carbocycles. The van der Waals surface area contributed by atoms with Gasteiger partial charge in [0.15, 0.2) is 11.9 Å². The average Bonchev–Trinajstić information content (AvgIpc) is 2.52. The Hall–Kier alpha value is -2.11. The molecule has 126 valence electrons. The molecular weight excluding hydrogens is 351 g/mol. The Bertz CT molecular complexity index is 793. The molecule has 5 nitrogen and oxygen atoms in total. The number of pyridine rings is 1. The number of rotatable bonds is 4. The second kappa shape index (κ2) is 7.64. The van der Waals surface area contributed by atoms with Crippen LogP contribution < -0.4 is 5.32 Å². The van der Waals surface area contributed by atoms with Crippen molar-refractivity contribution in [3.8, 4) is 0 Å². The molecule has 2 rings (SSSR count). The minimum absolute atomic E-state index is 0.153. The number of benzene rings is 1. The van der Waals surface area contributed by atoms with E-state index in [1.807, 2.05) is 19.1 Å². The molecule has 1 N–H and O–H groups in total. The number of hydrogen-bond acceptors (Lipinski definition) is 4. The minimum Gasteiger partial charge on any atom is -0.449 e. The molecule has 7 heteroatoms. The fourth-order valence-electron chi connectivity index (χ4n) is 1.96. The van der Waals surface area contributed by atoms with E-state index < -0.39 is 18.0 Å². The van der Waals surface area contributed by atoms with E-state index in [4.69, 9.17) is 27.9 Å². The van der Waals surface area contributed by atoms with Crippen molar-refractivity contribution < 1.29 is 14.3 Å². The van der Waals surface area contributed by atoms with Gasteiger partial charge in [-0.15, -0.1) is 0 Å². The lowest BCUT2D eigenvalue weighted by Crippen LogP contribution is -2.30. The maximum Gasteiger partial charge on any atom is 0.339 e. The van der Waals surface area contributed by atoms with E-state index in [0.717, 1.165) is 11.1 Å². The van der Waals surface area contributed by atoms with Gasteiger partial charge >= 0.3 is 5.97 Å². The van der Waals surface area contributed by atoms with E-state index in [0.29, 0.717) is 10.6 Å². The highest BCUT2D eigenvalue weighted by Gasteiger charge is 2.21. The molecule has 0 saturated heterocycles. The summed E-state index contributed by atoms with van der Waals surface area (Å²) in [7, 11) is 0. The minimum atomic E-state index is -1.01. The Morgan fingerprint density at radius 3 is 2.58 bits per heavy atom. The lowest BCUT2D eigenvalue weighted by atomic mass is 10.1. The van der Waals surface area contributed by atoms with Gasteiger partial charge in [-0.25, -0.2) is 9.78 Å². The van der Waals surface area contributed by atoms with Gasteiger partial charge in [0.2, 0.25) is 0 Å². The standard InChI is InChI=1S/C17H16Cl2N2O3/c1-9-4-5-10(2)13(6-9)17(23)24-11(3)16(22)21-15-14(19)7-12(18)8-20-15/h4-8,11H,1-3H3,(H,20,21,22). The highest BCUT2D eigenvalue weighted by molar-refractivity contribution is 6.36. The van der Waals surface area contributed by atoms with E-state index in [-0.39, 0.29) is 10.8 Å². The zero-order valence-corrected chi connectivity index (χ0v) is 14.9. The van der Waals surface area contributed by atoms with Gasteiger partial charge in [-0.2, -0.15) is 0 Å². The quantitative estimate of drug-likeness (QED) is 0.823. The van der Waals surface area contributed by atoms with E-state index in [9.17, 15) is 9.59 Å². The molecule has 0 fully saturated rings. The van der Waals surface area contributed by atoms with Gasteiger partial charge < -0.3 is 10.1 Å². The van der Waals surface area contributed by atoms with Crippen LogP contribution >= 0.6 is 23.2 Å². The van der Waals surface area contributed by atoms with Gasteiger partial charge in [0.05, 0.1) is 15.6 Å². The predicted molar refractivity (Wildman–Crippen MR) is 93.7 cm³/mol. The Morgan fingerprint density at radius 2 is 1.92 bits per heavy atom. The molecule has 0 aliphatic rings. The number of aryl methyl sites for hydroxylation is 2. The summed E-state index contributed by atoms with van der Waals surface area (Å²) in [5.41, 5.74) is 2.14. The summed E-state index contributed by atoms with van der Waals surface area (Å²) in [6.45, 7) is 5.15. The summed E-state index contributed by atoms with van der Waals surface area (Å²) >= 11 is 11.7. The van der Waals surface area contributed by atoms with Gasteiger partial charge in [-0.05, 0) is 38.5 Å². The Labute approximate surface area is 149 Å². The fourth-order valence-corrected chi connectivity index (χ4v) is 2.39. The van der Waals surface area contributed by atoms with Crippen molar-refractivity contribution in [3.05, 3.63) is 57.2 Å². The third-order valence-corrected chi connectivity index (χ3v) is 3.81. The van der Waals surface area contributed by atoms with Crippen molar-refractivity contribution >= 4 is 40.9 Å². The molecule has 1 aromatic carbocycles. The predicted octanol–water partition coefficient (Wildman–Crippen LogP) is 4.19. The van der Waals surface area contributed by atoms with Gasteiger partial charge in [0.1, 0.15) is 0 Å². The molecule has 1 atom stereocenters. The van der Waals surface area contributed by atoms with Crippen LogP contribution in [0.5, 0.6) is 0 Å². The zero-order chi connectivity index (χ0) is 17.9. The van der Waals surface area contributed by atoms with E-state index in [2.05, 4.69) is 10.3 Å². The average molecular weight is 367 g/mol. The molecule has 24 heavy (non-hydrogen) atoms. The Morgan fingerprint density at radius 1 is 1.21 bits per heavy atom. The van der Waals surface area contributed by atoms with Gasteiger partial charge in [0, 0.05) is 6.20 Å². The normalized spacial score (nSPS) is 11.7. The molecular formula is C17H16Cl2N2O3. The second-order valence-electron chi connectivity index (χ2n) is 5.34. The van der Waals surface area contributed by atoms with Crippen LogP contribution in [-0.4, -0.2) is 23.0 Å². The first-order chi connectivity index (χ1) is 11.3. The zero-order valence-electron chi connectivity index (χ0n) is 13.4. The molecule has 0 spiro atoms. The lowest BCUT2D eigenvalue weighted by molar-refractivity contribution is -0.123. The number of esters is 1. The monoisotopic (exact) mass is 366 g/mol. The number of carbonyl (C=O) groups is 2. The summed E-state index contributed by atoms with van der Waals surface area (Å²) in [5.74, 6) is -0.944. The summed E-state index contributed by atoms with van der Waals surface area (Å²) < 4.78 is 5.22. The first-order valence-electron chi connectivity index (χ1n) is 7.18. The first kappa shape index (κ1) is 18.2. The van der Waals surface area contributed by atoms with E-state index >= 15 is 0 Å². The largest absolute Gasteiger partial charge is 0.449 e. The third-order valence-electron chi connectivity index (χ3n) is 3.32. The number of amides is 1. The Balaban J connectivity index is 2.05. The third kappa shape index (κ3) is 4.46. The van der Waals surface area contributed by atoms with Gasteiger partial charge in [-0.3, -0.25) is 4.79 Å². The SMILES string of the molecule is Cc1ccc(C)c(C(=O)OC(C)C(=O)Nc2ncc(Cl)cc2Cl)c1. The molecule has 2 aromatic rings. The summed E-state index contributed by atoms with van der Waals surface area (Å²) in [5, 5.41) is 3.05. The van der Waals surface area contributed by atoms with Crippen LogP contribution in [0.2, 0.25) is 10.0 Å². The fraction of sp³-hybridized carbons (Fsp3) is 0.235. The number of anilines is 1. The number of nitrogens with one attached hydrogen (secondary N) is 1. The topological polar surface area (TPSA) is 68.3 Å². The van der Waals surface area contributed by atoms with Crippen molar-refractivity contribution in [2.45, 2.75) is 26.9 Å². The number of aromatic nitrogens is 1. The molecule has 0 aliphatic carbocycles. The summed E-state index contributed by atoms with van der Waals surface area (Å²) in [6.07, 6.45) is 0.349. The van der Waals surface area contributed by atoms with Crippen molar-refractivity contribution in [3.63, 3.8) is 0 Å². The molecule has 0 bridgehead atoms. The van der Waals surface area contributed by atoms with Crippen LogP contribution in [0.15, 0.2) is 30.5 Å². The molecule has 0 radical (unpaired) electrons. The van der Waals surface area contributed by atoms with Crippen molar-refractivity contribution in [2.24, 2.45) is 0 Å². The lowest BCUT2D eigenvalue weighted by Gasteiger charge is -2.15. The van der Waals surface area contributed by atoms with Crippen LogP contribution in [-0.2, 0) is 9.53 Å². The van der Waals surface area contributed by atoms with Crippen molar-refractivity contribution in [1.29, 1.82) is 0 Å². The number of nitrogens with zero attached hydrogens (tertiary/aromatic N) is 1. The van der Waals surface area contributed by atoms with Gasteiger partial charge in [0.25, 0.3) is 5.91 Å². The van der Waals surface area contributed by atoms with Gasteiger partial charge in [-0.1, -0.05) is 40.9 Å². The van der Waals surface area contributed by atoms with Crippen molar-refractivity contribution in [2.75, 3.05) is 5.32 Å². The number of halogens is 2.